The molecule has 16 aliphatic rings. The SMILES string of the molecule is COC1C2CCCCC2C(OC)C2C3NC(NC4NC(NC5NC(NC6NC(N3)C3C(OC)C7CC8CCCCC8CC7C(OC)C63)C3C(OC)C6CC7CCCCC7CC6C(OC)C53)C3C(OC)C5CC6CCCCC6CC5C(OC)C43)C12. The fourth-order valence-corrected chi connectivity index (χ4v) is 26.8. The second-order valence-electron chi connectivity index (χ2n) is 31.8. The zero-order valence-electron chi connectivity index (χ0n) is 52.8. The second-order valence-corrected chi connectivity index (χ2v) is 31.8. The summed E-state index contributed by atoms with van der Waals surface area (Å²) in [5.41, 5.74) is 0. The highest BCUT2D eigenvalue weighted by Crippen LogP contribution is 2.62. The van der Waals surface area contributed by atoms with Crippen LogP contribution in [0.15, 0.2) is 0 Å². The number of hydrogen-bond acceptors (Lipinski definition) is 16. The summed E-state index contributed by atoms with van der Waals surface area (Å²) in [6.07, 6.45) is 28.9. The molecule has 0 aromatic heterocycles. The van der Waals surface area contributed by atoms with Crippen molar-refractivity contribution in [2.75, 3.05) is 56.9 Å². The predicted molar refractivity (Wildman–Crippen MR) is 320 cm³/mol. The summed E-state index contributed by atoms with van der Waals surface area (Å²) in [6.45, 7) is 0. The van der Waals surface area contributed by atoms with Crippen molar-refractivity contribution in [2.24, 2.45) is 130 Å². The van der Waals surface area contributed by atoms with Crippen LogP contribution in [-0.2, 0) is 37.9 Å². The van der Waals surface area contributed by atoms with Crippen LogP contribution in [0, 0.1) is 130 Å². The van der Waals surface area contributed by atoms with E-state index in [9.17, 15) is 0 Å². The van der Waals surface area contributed by atoms with E-state index >= 15 is 0 Å². The predicted octanol–water partition coefficient (Wildman–Crippen LogP) is 6.79. The van der Waals surface area contributed by atoms with E-state index in [1.807, 2.05) is 56.9 Å². The van der Waals surface area contributed by atoms with Gasteiger partial charge in [-0.1, -0.05) is 89.9 Å². The number of ether oxygens (including phenoxy) is 8. The monoisotopic (exact) mass is 1170 g/mol. The highest BCUT2D eigenvalue weighted by molar-refractivity contribution is 5.20. The average molecular weight is 1170 g/mol. The molecule has 8 bridgehead atoms. The van der Waals surface area contributed by atoms with Crippen LogP contribution in [0.1, 0.15) is 141 Å². The van der Waals surface area contributed by atoms with Crippen LogP contribution in [0.5, 0.6) is 0 Å². The highest BCUT2D eigenvalue weighted by atomic mass is 16.5. The van der Waals surface area contributed by atoms with Gasteiger partial charge >= 0.3 is 0 Å². The maximum Gasteiger partial charge on any atom is 0.0663 e. The molecular weight excluding hydrogens is 1060 g/mol. The van der Waals surface area contributed by atoms with Crippen LogP contribution >= 0.6 is 0 Å². The molecule has 16 rings (SSSR count). The highest BCUT2D eigenvalue weighted by Gasteiger charge is 2.69. The number of rotatable bonds is 8. The number of fused-ring (bicyclic) bond motifs is 27. The van der Waals surface area contributed by atoms with Gasteiger partial charge in [0.1, 0.15) is 0 Å². The first kappa shape index (κ1) is 58.4. The van der Waals surface area contributed by atoms with Gasteiger partial charge in [0.05, 0.1) is 98.2 Å². The van der Waals surface area contributed by atoms with Gasteiger partial charge < -0.3 is 37.9 Å². The van der Waals surface area contributed by atoms with E-state index in [0.29, 0.717) is 47.3 Å². The molecule has 16 heteroatoms. The molecule has 474 valence electrons. The summed E-state index contributed by atoms with van der Waals surface area (Å²) < 4.78 is 56.8. The van der Waals surface area contributed by atoms with Crippen LogP contribution in [-0.4, -0.2) is 155 Å². The molecule has 38 atom stereocenters. The third kappa shape index (κ3) is 9.17. The lowest BCUT2D eigenvalue weighted by Gasteiger charge is -2.57. The van der Waals surface area contributed by atoms with Crippen LogP contribution in [0.4, 0.5) is 0 Å². The molecule has 0 aromatic rings. The molecule has 0 radical (unpaired) electrons. The second kappa shape index (κ2) is 23.8. The van der Waals surface area contributed by atoms with Crippen molar-refractivity contribution in [3.8, 4) is 0 Å². The fourth-order valence-electron chi connectivity index (χ4n) is 26.8. The van der Waals surface area contributed by atoms with Crippen molar-refractivity contribution in [3.63, 3.8) is 0 Å². The Balaban J connectivity index is 0.840. The van der Waals surface area contributed by atoms with Crippen molar-refractivity contribution < 1.29 is 37.9 Å². The van der Waals surface area contributed by atoms with Gasteiger partial charge in [0.25, 0.3) is 0 Å². The number of nitrogens with one attached hydrogen (secondary N) is 8. The minimum absolute atomic E-state index is 0.0645. The number of methoxy groups -OCH3 is 8. The zero-order chi connectivity index (χ0) is 56.8. The smallest absolute Gasteiger partial charge is 0.0663 e. The first-order valence-corrected chi connectivity index (χ1v) is 35.6. The van der Waals surface area contributed by atoms with Crippen LogP contribution in [0.25, 0.3) is 0 Å². The van der Waals surface area contributed by atoms with E-state index in [1.54, 1.807) is 0 Å². The molecule has 8 N–H and O–H groups in total. The fraction of sp³-hybridized carbons (Fsp3) is 1.00. The first-order valence-electron chi connectivity index (χ1n) is 35.6. The quantitative estimate of drug-likeness (QED) is 0.128. The summed E-state index contributed by atoms with van der Waals surface area (Å²) in [6, 6.07) is 0. The van der Waals surface area contributed by atoms with Gasteiger partial charge in [0, 0.05) is 104 Å². The van der Waals surface area contributed by atoms with Gasteiger partial charge in [-0.3, -0.25) is 42.5 Å². The zero-order valence-corrected chi connectivity index (χ0v) is 52.8. The van der Waals surface area contributed by atoms with Gasteiger partial charge in [0.15, 0.2) is 0 Å². The minimum atomic E-state index is -0.0658. The lowest BCUT2D eigenvalue weighted by atomic mass is 9.53. The Kier molecular flexibility index (Phi) is 16.6. The molecule has 84 heavy (non-hydrogen) atoms. The lowest BCUT2D eigenvalue weighted by molar-refractivity contribution is -0.178. The third-order valence-corrected chi connectivity index (χ3v) is 29.5. The van der Waals surface area contributed by atoms with E-state index in [2.05, 4.69) is 42.5 Å². The van der Waals surface area contributed by atoms with Crippen molar-refractivity contribution in [1.29, 1.82) is 0 Å². The molecule has 16 nitrogen and oxygen atoms in total. The third-order valence-electron chi connectivity index (χ3n) is 29.5. The van der Waals surface area contributed by atoms with E-state index in [-0.39, 0.29) is 146 Å². The summed E-state index contributed by atoms with van der Waals surface area (Å²) in [7, 11) is 16.3. The van der Waals surface area contributed by atoms with Crippen molar-refractivity contribution in [3.05, 3.63) is 0 Å². The van der Waals surface area contributed by atoms with Gasteiger partial charge in [0.2, 0.25) is 0 Å². The Morgan fingerprint density at radius 2 is 0.333 bits per heavy atom. The summed E-state index contributed by atoms with van der Waals surface area (Å²) in [5.74, 6) is 9.42. The Morgan fingerprint density at radius 3 is 0.488 bits per heavy atom. The van der Waals surface area contributed by atoms with Crippen molar-refractivity contribution in [1.82, 2.24) is 42.5 Å². The average Bonchev–Trinajstić information content (AvgIpc) is 2.15. The Hall–Kier alpha value is -0.640. The number of hydrogen-bond donors (Lipinski definition) is 8. The molecule has 5 saturated heterocycles. The molecule has 38 unspecified atom stereocenters. The maximum absolute atomic E-state index is 7.14. The Morgan fingerprint density at radius 1 is 0.190 bits per heavy atom. The van der Waals surface area contributed by atoms with Crippen LogP contribution in [0.3, 0.4) is 0 Å². The molecule has 5 heterocycles. The molecular formula is C68H114N8O8. The first-order chi connectivity index (χ1) is 41.3. The summed E-state index contributed by atoms with van der Waals surface area (Å²) in [5, 5.41) is 36.3. The molecule has 11 saturated carbocycles. The van der Waals surface area contributed by atoms with Crippen molar-refractivity contribution >= 4 is 0 Å². The molecule has 0 amide bonds. The maximum atomic E-state index is 7.14. The molecule has 16 fully saturated rings. The summed E-state index contributed by atoms with van der Waals surface area (Å²) >= 11 is 0. The largest absolute Gasteiger partial charge is 0.381 e. The van der Waals surface area contributed by atoms with Crippen LogP contribution < -0.4 is 42.5 Å². The van der Waals surface area contributed by atoms with E-state index in [0.717, 1.165) is 35.5 Å². The Labute approximate surface area is 504 Å². The molecule has 11 aliphatic carbocycles. The topological polar surface area (TPSA) is 170 Å². The van der Waals surface area contributed by atoms with E-state index in [1.165, 1.54) is 141 Å². The van der Waals surface area contributed by atoms with Gasteiger partial charge in [-0.05, 0) is 134 Å². The van der Waals surface area contributed by atoms with Crippen LogP contribution in [0.2, 0.25) is 0 Å². The summed E-state index contributed by atoms with van der Waals surface area (Å²) in [4.78, 5) is 0. The van der Waals surface area contributed by atoms with E-state index < -0.39 is 0 Å². The van der Waals surface area contributed by atoms with Gasteiger partial charge in [-0.15, -0.1) is 0 Å². The standard InChI is InChI=1S/C68H114N8O8/c1-77-53-37-23-15-16-24-38(37)54(78-2)46-45(53)61-69-62(46)71-64-48-50(58(82-6)42-28-34-20-12-10-18-32(34)26-40(42)56(48)80-4)66(73-64)75-68-52-51(59(83-7)43-29-35-21-13-14-22-36(35)30-44(43)60(52)84-8)67(76-68)74-65-49-47(63(70-61)72-65)55(79-3)39-25-31-17-9-11-19-33(31)27-41(39)57(49)81-5/h31-76H,9-30H2,1-8H3. The molecule has 5 aliphatic heterocycles. The normalized spacial score (nSPS) is 58.9. The molecule has 0 spiro atoms. The lowest BCUT2D eigenvalue weighted by Crippen LogP contribution is -2.64. The molecule has 0 aromatic carbocycles. The van der Waals surface area contributed by atoms with Crippen molar-refractivity contribution in [2.45, 2.75) is 239 Å². The van der Waals surface area contributed by atoms with Gasteiger partial charge in [-0.2, -0.15) is 0 Å². The van der Waals surface area contributed by atoms with Gasteiger partial charge in [-0.25, -0.2) is 0 Å². The van der Waals surface area contributed by atoms with E-state index in [4.69, 9.17) is 37.9 Å². The Bertz CT molecular complexity index is 2130. The minimum Gasteiger partial charge on any atom is -0.381 e.